The molecule has 0 radical (unpaired) electrons. The van der Waals surface area contributed by atoms with Gasteiger partial charge in [-0.15, -0.1) is 24.8 Å². The monoisotopic (exact) mass is 208 g/mol. The first-order valence-electron chi connectivity index (χ1n) is 3.37. The van der Waals surface area contributed by atoms with Gasteiger partial charge in [0, 0.05) is 18.4 Å². The molecule has 1 rings (SSSR count). The molecule has 0 atom stereocenters. The highest BCUT2D eigenvalue weighted by molar-refractivity contribution is 5.85. The van der Waals surface area contributed by atoms with Crippen LogP contribution in [0.1, 0.15) is 16.8 Å². The highest BCUT2D eigenvalue weighted by atomic mass is 35.5. The van der Waals surface area contributed by atoms with Crippen LogP contribution in [0.2, 0.25) is 0 Å². The standard InChI is InChI=1S/C8H12N2.2ClH/c1-6-7(2)10-4-3-8(6)5-9;;/h3-4H,5,9H2,1-2H3;2*1H. The largest absolute Gasteiger partial charge is 0.326 e. The van der Waals surface area contributed by atoms with E-state index >= 15 is 0 Å². The van der Waals surface area contributed by atoms with Gasteiger partial charge in [0.15, 0.2) is 0 Å². The molecule has 0 aliphatic carbocycles. The van der Waals surface area contributed by atoms with Crippen LogP contribution in [0.25, 0.3) is 0 Å². The topological polar surface area (TPSA) is 38.9 Å². The Morgan fingerprint density at radius 1 is 1.33 bits per heavy atom. The lowest BCUT2D eigenvalue weighted by Crippen LogP contribution is -2.01. The Bertz CT molecular complexity index is 238. The van der Waals surface area contributed by atoms with Crippen molar-refractivity contribution in [1.82, 2.24) is 4.98 Å². The van der Waals surface area contributed by atoms with Crippen molar-refractivity contribution in [2.75, 3.05) is 0 Å². The van der Waals surface area contributed by atoms with Crippen molar-refractivity contribution in [3.05, 3.63) is 29.1 Å². The molecule has 0 unspecified atom stereocenters. The second kappa shape index (κ2) is 6.23. The molecule has 0 spiro atoms. The lowest BCUT2D eigenvalue weighted by molar-refractivity contribution is 1.01. The lowest BCUT2D eigenvalue weighted by atomic mass is 10.1. The maximum Gasteiger partial charge on any atom is 0.0405 e. The van der Waals surface area contributed by atoms with Gasteiger partial charge in [0.2, 0.25) is 0 Å². The van der Waals surface area contributed by atoms with Crippen LogP contribution in [0, 0.1) is 13.8 Å². The first-order chi connectivity index (χ1) is 4.75. The number of halogens is 2. The molecule has 0 aliphatic rings. The third-order valence-electron chi connectivity index (χ3n) is 1.79. The number of aryl methyl sites for hydroxylation is 1. The third kappa shape index (κ3) is 2.97. The first-order valence-corrected chi connectivity index (χ1v) is 3.37. The van der Waals surface area contributed by atoms with E-state index in [4.69, 9.17) is 5.73 Å². The second-order valence-corrected chi connectivity index (χ2v) is 2.38. The summed E-state index contributed by atoms with van der Waals surface area (Å²) < 4.78 is 0. The summed E-state index contributed by atoms with van der Waals surface area (Å²) in [6.45, 7) is 4.65. The van der Waals surface area contributed by atoms with Gasteiger partial charge in [-0.25, -0.2) is 0 Å². The summed E-state index contributed by atoms with van der Waals surface area (Å²) >= 11 is 0. The zero-order valence-corrected chi connectivity index (χ0v) is 8.84. The number of aromatic nitrogens is 1. The van der Waals surface area contributed by atoms with E-state index in [1.165, 1.54) is 11.1 Å². The zero-order valence-electron chi connectivity index (χ0n) is 7.20. The fourth-order valence-electron chi connectivity index (χ4n) is 0.914. The Morgan fingerprint density at radius 3 is 2.33 bits per heavy atom. The van der Waals surface area contributed by atoms with E-state index in [9.17, 15) is 0 Å². The summed E-state index contributed by atoms with van der Waals surface area (Å²) in [5, 5.41) is 0. The van der Waals surface area contributed by atoms with Gasteiger partial charge >= 0.3 is 0 Å². The molecule has 0 saturated heterocycles. The molecular formula is C8H14Cl2N2. The van der Waals surface area contributed by atoms with Crippen LogP contribution in [0.3, 0.4) is 0 Å². The highest BCUT2D eigenvalue weighted by Gasteiger charge is 1.97. The van der Waals surface area contributed by atoms with Crippen molar-refractivity contribution in [2.24, 2.45) is 5.73 Å². The number of hydrogen-bond acceptors (Lipinski definition) is 2. The van der Waals surface area contributed by atoms with Crippen LogP contribution in [0.5, 0.6) is 0 Å². The maximum absolute atomic E-state index is 5.49. The molecule has 0 saturated carbocycles. The van der Waals surface area contributed by atoms with E-state index in [0.29, 0.717) is 6.54 Å². The molecule has 0 aliphatic heterocycles. The minimum Gasteiger partial charge on any atom is -0.326 e. The quantitative estimate of drug-likeness (QED) is 0.768. The molecule has 1 aromatic heterocycles. The Labute approximate surface area is 85.4 Å². The SMILES string of the molecule is Cc1nccc(CN)c1C.Cl.Cl. The number of pyridine rings is 1. The number of rotatable bonds is 1. The second-order valence-electron chi connectivity index (χ2n) is 2.38. The molecule has 1 aromatic rings. The van der Waals surface area contributed by atoms with Gasteiger partial charge in [0.05, 0.1) is 0 Å². The number of hydrogen-bond donors (Lipinski definition) is 1. The smallest absolute Gasteiger partial charge is 0.0405 e. The number of nitrogens with zero attached hydrogens (tertiary/aromatic N) is 1. The van der Waals surface area contributed by atoms with Crippen LogP contribution < -0.4 is 5.73 Å². The van der Waals surface area contributed by atoms with E-state index in [2.05, 4.69) is 4.98 Å². The molecule has 2 nitrogen and oxygen atoms in total. The fraction of sp³-hybridized carbons (Fsp3) is 0.375. The Kier molecular flexibility index (Phi) is 7.39. The summed E-state index contributed by atoms with van der Waals surface area (Å²) in [5.74, 6) is 0. The van der Waals surface area contributed by atoms with Crippen molar-refractivity contribution < 1.29 is 0 Å². The fourth-order valence-corrected chi connectivity index (χ4v) is 0.914. The average molecular weight is 209 g/mol. The molecule has 0 aromatic carbocycles. The summed E-state index contributed by atoms with van der Waals surface area (Å²) in [7, 11) is 0. The van der Waals surface area contributed by atoms with Gasteiger partial charge in [0.1, 0.15) is 0 Å². The maximum atomic E-state index is 5.49. The van der Waals surface area contributed by atoms with E-state index in [1.807, 2.05) is 19.9 Å². The average Bonchev–Trinajstić information content (AvgIpc) is 1.95. The molecule has 1 heterocycles. The summed E-state index contributed by atoms with van der Waals surface area (Å²) in [6.07, 6.45) is 1.80. The molecule has 12 heavy (non-hydrogen) atoms. The first kappa shape index (κ1) is 14.2. The normalized spacial score (nSPS) is 8.25. The minimum atomic E-state index is 0. The number of nitrogens with two attached hydrogens (primary N) is 1. The predicted octanol–water partition coefficient (Wildman–Crippen LogP) is 2.00. The predicted molar refractivity (Wildman–Crippen MR) is 56.1 cm³/mol. The summed E-state index contributed by atoms with van der Waals surface area (Å²) in [6, 6.07) is 1.96. The lowest BCUT2D eigenvalue weighted by Gasteiger charge is -2.03. The molecule has 2 N–H and O–H groups in total. The molecule has 4 heteroatoms. The van der Waals surface area contributed by atoms with Crippen molar-refractivity contribution in [2.45, 2.75) is 20.4 Å². The van der Waals surface area contributed by atoms with Crippen molar-refractivity contribution in [3.63, 3.8) is 0 Å². The van der Waals surface area contributed by atoms with Gasteiger partial charge in [-0.2, -0.15) is 0 Å². The Balaban J connectivity index is 0. The van der Waals surface area contributed by atoms with Crippen molar-refractivity contribution >= 4 is 24.8 Å². The van der Waals surface area contributed by atoms with Crippen molar-refractivity contribution in [3.8, 4) is 0 Å². The zero-order chi connectivity index (χ0) is 7.56. The van der Waals surface area contributed by atoms with Crippen LogP contribution in [0.4, 0.5) is 0 Å². The van der Waals surface area contributed by atoms with Crippen LogP contribution in [-0.2, 0) is 6.54 Å². The summed E-state index contributed by atoms with van der Waals surface area (Å²) in [5.41, 5.74) is 8.96. The van der Waals surface area contributed by atoms with Crippen molar-refractivity contribution in [1.29, 1.82) is 0 Å². The van der Waals surface area contributed by atoms with Gasteiger partial charge < -0.3 is 5.73 Å². The molecular weight excluding hydrogens is 195 g/mol. The van der Waals surface area contributed by atoms with Gasteiger partial charge in [-0.1, -0.05) is 0 Å². The van der Waals surface area contributed by atoms with Crippen LogP contribution >= 0.6 is 24.8 Å². The van der Waals surface area contributed by atoms with E-state index in [-0.39, 0.29) is 24.8 Å². The van der Waals surface area contributed by atoms with Crippen LogP contribution in [0.15, 0.2) is 12.3 Å². The highest BCUT2D eigenvalue weighted by Crippen LogP contribution is 2.08. The third-order valence-corrected chi connectivity index (χ3v) is 1.79. The summed E-state index contributed by atoms with van der Waals surface area (Å²) in [4.78, 5) is 4.13. The van der Waals surface area contributed by atoms with E-state index < -0.39 is 0 Å². The van der Waals surface area contributed by atoms with E-state index in [0.717, 1.165) is 5.69 Å². The molecule has 0 amide bonds. The van der Waals surface area contributed by atoms with Gasteiger partial charge in [0.25, 0.3) is 0 Å². The van der Waals surface area contributed by atoms with Gasteiger partial charge in [-0.05, 0) is 31.0 Å². The minimum absolute atomic E-state index is 0. The van der Waals surface area contributed by atoms with Crippen LogP contribution in [-0.4, -0.2) is 4.98 Å². The molecule has 0 bridgehead atoms. The van der Waals surface area contributed by atoms with E-state index in [1.54, 1.807) is 6.20 Å². The molecule has 0 fully saturated rings. The Morgan fingerprint density at radius 2 is 1.92 bits per heavy atom. The molecule has 70 valence electrons. The Hall–Kier alpha value is -0.310. The van der Waals surface area contributed by atoms with Gasteiger partial charge in [-0.3, -0.25) is 4.98 Å².